The Morgan fingerprint density at radius 3 is 2.27 bits per heavy atom. The Morgan fingerprint density at radius 2 is 1.57 bits per heavy atom. The van der Waals surface area contributed by atoms with Crippen LogP contribution in [0.1, 0.15) is 39.5 Å². The first-order chi connectivity index (χ1) is 14.7. The van der Waals surface area contributed by atoms with Gasteiger partial charge in [-0.25, -0.2) is 4.98 Å². The van der Waals surface area contributed by atoms with E-state index in [0.29, 0.717) is 37.6 Å². The molecule has 0 radical (unpaired) electrons. The third kappa shape index (κ3) is 3.63. The summed E-state index contributed by atoms with van der Waals surface area (Å²) in [6, 6.07) is 11.8. The van der Waals surface area contributed by atoms with Gasteiger partial charge >= 0.3 is 0 Å². The molecule has 0 atom stereocenters. The molecule has 0 aliphatic carbocycles. The molecule has 2 aliphatic rings. The topological polar surface area (TPSA) is 71.3 Å². The highest BCUT2D eigenvalue weighted by Crippen LogP contribution is 2.24. The van der Waals surface area contributed by atoms with E-state index in [4.69, 9.17) is 0 Å². The summed E-state index contributed by atoms with van der Waals surface area (Å²) in [6.07, 6.45) is 3.26. The van der Waals surface area contributed by atoms with Gasteiger partial charge in [0.2, 0.25) is 0 Å². The predicted molar refractivity (Wildman–Crippen MR) is 115 cm³/mol. The third-order valence-corrected chi connectivity index (χ3v) is 6.62. The number of aromatic nitrogens is 3. The fourth-order valence-electron chi connectivity index (χ4n) is 4.04. The molecular weight excluding hydrogens is 398 g/mol. The number of rotatable bonds is 3. The predicted octanol–water partition coefficient (Wildman–Crippen LogP) is 2.94. The standard InChI is InChI=1S/C22H23N5O2S/c28-21(18-14-17-8-4-5-9-27(17)24-18)25-10-12-26(13-11-25)22(29)19-15-30-20(23-19)16-6-2-1-3-7-16/h1-3,6-7,14-15H,4-5,8-13H2. The van der Waals surface area contributed by atoms with Gasteiger partial charge in [0.25, 0.3) is 11.8 Å². The van der Waals surface area contributed by atoms with Crippen molar-refractivity contribution in [3.05, 3.63) is 58.9 Å². The molecule has 5 rings (SSSR count). The molecule has 2 amide bonds. The largest absolute Gasteiger partial charge is 0.334 e. The zero-order chi connectivity index (χ0) is 20.5. The SMILES string of the molecule is O=C(c1csc(-c2ccccc2)n1)N1CCN(C(=O)c2cc3n(n2)CCCC3)CC1. The Hall–Kier alpha value is -3.00. The minimum absolute atomic E-state index is 0.0379. The molecule has 0 N–H and O–H groups in total. The van der Waals surface area contributed by atoms with Crippen molar-refractivity contribution in [3.8, 4) is 10.6 Å². The number of fused-ring (bicyclic) bond motifs is 1. The zero-order valence-electron chi connectivity index (χ0n) is 16.7. The average molecular weight is 422 g/mol. The summed E-state index contributed by atoms with van der Waals surface area (Å²) < 4.78 is 1.96. The van der Waals surface area contributed by atoms with E-state index in [-0.39, 0.29) is 11.8 Å². The number of amides is 2. The van der Waals surface area contributed by atoms with Crippen LogP contribution < -0.4 is 0 Å². The average Bonchev–Trinajstić information content (AvgIpc) is 3.46. The van der Waals surface area contributed by atoms with E-state index in [0.717, 1.165) is 42.1 Å². The van der Waals surface area contributed by atoms with Crippen molar-refractivity contribution in [2.45, 2.75) is 25.8 Å². The number of nitrogens with zero attached hydrogens (tertiary/aromatic N) is 5. The van der Waals surface area contributed by atoms with Gasteiger partial charge in [0.1, 0.15) is 10.7 Å². The zero-order valence-corrected chi connectivity index (χ0v) is 17.5. The molecule has 4 heterocycles. The lowest BCUT2D eigenvalue weighted by Gasteiger charge is -2.34. The van der Waals surface area contributed by atoms with E-state index in [1.54, 1.807) is 9.80 Å². The maximum Gasteiger partial charge on any atom is 0.274 e. The molecular formula is C22H23N5O2S. The summed E-state index contributed by atoms with van der Waals surface area (Å²) in [7, 11) is 0. The fourth-order valence-corrected chi connectivity index (χ4v) is 4.84. The van der Waals surface area contributed by atoms with Gasteiger partial charge in [-0.15, -0.1) is 11.3 Å². The molecule has 1 aromatic carbocycles. The van der Waals surface area contributed by atoms with Crippen LogP contribution in [0.2, 0.25) is 0 Å². The summed E-state index contributed by atoms with van der Waals surface area (Å²) in [4.78, 5) is 33.8. The smallest absolute Gasteiger partial charge is 0.274 e. The molecule has 2 aliphatic heterocycles. The van der Waals surface area contributed by atoms with Crippen molar-refractivity contribution in [2.24, 2.45) is 0 Å². The number of benzene rings is 1. The Labute approximate surface area is 178 Å². The summed E-state index contributed by atoms with van der Waals surface area (Å²) in [6.45, 7) is 2.95. The van der Waals surface area contributed by atoms with Crippen molar-refractivity contribution in [1.82, 2.24) is 24.6 Å². The number of carbonyl (C=O) groups excluding carboxylic acids is 2. The molecule has 3 aromatic rings. The molecule has 30 heavy (non-hydrogen) atoms. The number of thiazole rings is 1. The van der Waals surface area contributed by atoms with Gasteiger partial charge in [0, 0.05) is 49.4 Å². The minimum atomic E-state index is -0.0713. The first-order valence-electron chi connectivity index (χ1n) is 10.4. The molecule has 7 nitrogen and oxygen atoms in total. The molecule has 1 fully saturated rings. The molecule has 0 unspecified atom stereocenters. The van der Waals surface area contributed by atoms with Crippen molar-refractivity contribution < 1.29 is 9.59 Å². The van der Waals surface area contributed by atoms with Gasteiger partial charge in [-0.2, -0.15) is 5.10 Å². The lowest BCUT2D eigenvalue weighted by molar-refractivity contribution is 0.0529. The van der Waals surface area contributed by atoms with E-state index in [2.05, 4.69) is 10.1 Å². The van der Waals surface area contributed by atoms with E-state index >= 15 is 0 Å². The number of hydrogen-bond donors (Lipinski definition) is 0. The van der Waals surface area contributed by atoms with E-state index in [1.165, 1.54) is 11.3 Å². The summed E-state index contributed by atoms with van der Waals surface area (Å²) in [5.74, 6) is -0.109. The van der Waals surface area contributed by atoms with E-state index < -0.39 is 0 Å². The molecule has 0 bridgehead atoms. The van der Waals surface area contributed by atoms with Crippen LogP contribution in [0.15, 0.2) is 41.8 Å². The highest BCUT2D eigenvalue weighted by molar-refractivity contribution is 7.13. The molecule has 8 heteroatoms. The Morgan fingerprint density at radius 1 is 0.867 bits per heavy atom. The molecule has 0 spiro atoms. The number of aryl methyl sites for hydroxylation is 2. The quantitative estimate of drug-likeness (QED) is 0.652. The first-order valence-corrected chi connectivity index (χ1v) is 11.2. The normalized spacial score (nSPS) is 16.4. The van der Waals surface area contributed by atoms with E-state index in [9.17, 15) is 9.59 Å². The van der Waals surface area contributed by atoms with Crippen LogP contribution >= 0.6 is 11.3 Å². The van der Waals surface area contributed by atoms with Crippen LogP contribution in [0.25, 0.3) is 10.6 Å². The second-order valence-corrected chi connectivity index (χ2v) is 8.55. The van der Waals surface area contributed by atoms with Crippen LogP contribution in [-0.2, 0) is 13.0 Å². The number of hydrogen-bond acceptors (Lipinski definition) is 5. The van der Waals surface area contributed by atoms with Gasteiger partial charge in [-0.05, 0) is 25.3 Å². The van der Waals surface area contributed by atoms with Gasteiger partial charge in [0.15, 0.2) is 5.69 Å². The van der Waals surface area contributed by atoms with Crippen LogP contribution in [0.3, 0.4) is 0 Å². The summed E-state index contributed by atoms with van der Waals surface area (Å²) in [5, 5.41) is 7.16. The number of piperazine rings is 1. The molecule has 2 aromatic heterocycles. The van der Waals surface area contributed by atoms with Crippen LogP contribution in [0, 0.1) is 0 Å². The second kappa shape index (κ2) is 8.02. The molecule has 1 saturated heterocycles. The third-order valence-electron chi connectivity index (χ3n) is 5.73. The minimum Gasteiger partial charge on any atom is -0.334 e. The van der Waals surface area contributed by atoms with Gasteiger partial charge < -0.3 is 9.80 Å². The van der Waals surface area contributed by atoms with Crippen LogP contribution in [0.5, 0.6) is 0 Å². The summed E-state index contributed by atoms with van der Waals surface area (Å²) >= 11 is 1.48. The maximum atomic E-state index is 12.9. The summed E-state index contributed by atoms with van der Waals surface area (Å²) in [5.41, 5.74) is 3.16. The highest BCUT2D eigenvalue weighted by atomic mass is 32.1. The van der Waals surface area contributed by atoms with Crippen LogP contribution in [0.4, 0.5) is 0 Å². The lowest BCUT2D eigenvalue weighted by atomic mass is 10.1. The van der Waals surface area contributed by atoms with Gasteiger partial charge in [-0.1, -0.05) is 30.3 Å². The van der Waals surface area contributed by atoms with Crippen molar-refractivity contribution in [2.75, 3.05) is 26.2 Å². The first kappa shape index (κ1) is 19.0. The lowest BCUT2D eigenvalue weighted by Crippen LogP contribution is -2.50. The van der Waals surface area contributed by atoms with Crippen molar-refractivity contribution >= 4 is 23.2 Å². The fraction of sp³-hybridized carbons (Fsp3) is 0.364. The van der Waals surface area contributed by atoms with Crippen molar-refractivity contribution in [1.29, 1.82) is 0 Å². The van der Waals surface area contributed by atoms with Gasteiger partial charge in [0.05, 0.1) is 0 Å². The van der Waals surface area contributed by atoms with Crippen molar-refractivity contribution in [3.63, 3.8) is 0 Å². The second-order valence-electron chi connectivity index (χ2n) is 7.69. The molecule has 154 valence electrons. The van der Waals surface area contributed by atoms with Crippen LogP contribution in [-0.4, -0.2) is 62.6 Å². The highest BCUT2D eigenvalue weighted by Gasteiger charge is 2.28. The Kier molecular flexibility index (Phi) is 5.08. The maximum absolute atomic E-state index is 12.9. The molecule has 0 saturated carbocycles. The number of carbonyl (C=O) groups is 2. The Bertz CT molecular complexity index is 1040. The Balaban J connectivity index is 1.21. The van der Waals surface area contributed by atoms with Gasteiger partial charge in [-0.3, -0.25) is 14.3 Å². The van der Waals surface area contributed by atoms with E-state index in [1.807, 2.05) is 46.5 Å². The monoisotopic (exact) mass is 421 g/mol.